The number of hydrogen-bond acceptors (Lipinski definition) is 4. The Kier molecular flexibility index (Phi) is 7.76. The summed E-state index contributed by atoms with van der Waals surface area (Å²) in [5, 5.41) is 5.75. The molecule has 1 aromatic carbocycles. The highest BCUT2D eigenvalue weighted by Crippen LogP contribution is 2.23. The highest BCUT2D eigenvalue weighted by atomic mass is 16.2. The highest BCUT2D eigenvalue weighted by Gasteiger charge is 2.32. The molecule has 31 heavy (non-hydrogen) atoms. The monoisotopic (exact) mass is 422 g/mol. The first-order valence-corrected chi connectivity index (χ1v) is 10.8. The van der Waals surface area contributed by atoms with E-state index in [2.05, 4.69) is 15.6 Å². The number of hydrogen-bond donors (Lipinski definition) is 2. The number of carbonyl (C=O) groups is 3. The van der Waals surface area contributed by atoms with Gasteiger partial charge in [0.2, 0.25) is 17.7 Å². The van der Waals surface area contributed by atoms with Crippen molar-refractivity contribution in [1.29, 1.82) is 0 Å². The smallest absolute Gasteiger partial charge is 0.249 e. The van der Waals surface area contributed by atoms with Crippen LogP contribution < -0.4 is 10.6 Å². The minimum absolute atomic E-state index is 0.0735. The van der Waals surface area contributed by atoms with E-state index < -0.39 is 6.04 Å². The van der Waals surface area contributed by atoms with Crippen LogP contribution in [0.15, 0.2) is 54.7 Å². The van der Waals surface area contributed by atoms with E-state index in [1.54, 1.807) is 23.2 Å². The average molecular weight is 423 g/mol. The van der Waals surface area contributed by atoms with Crippen molar-refractivity contribution in [3.05, 3.63) is 60.3 Å². The number of amides is 3. The van der Waals surface area contributed by atoms with Gasteiger partial charge in [-0.2, -0.15) is 0 Å². The number of carbonyl (C=O) groups excluding carboxylic acids is 3. The van der Waals surface area contributed by atoms with Gasteiger partial charge in [-0.15, -0.1) is 0 Å². The van der Waals surface area contributed by atoms with Crippen LogP contribution in [0.3, 0.4) is 0 Å². The molecule has 164 valence electrons. The van der Waals surface area contributed by atoms with Crippen molar-refractivity contribution in [2.75, 3.05) is 18.4 Å². The first-order chi connectivity index (χ1) is 14.9. The molecule has 1 aliphatic rings. The fraction of sp³-hybridized carbons (Fsp3) is 0.417. The van der Waals surface area contributed by atoms with Crippen LogP contribution in [0.2, 0.25) is 0 Å². The lowest BCUT2D eigenvalue weighted by Crippen LogP contribution is -2.47. The molecular formula is C24H30N4O3. The van der Waals surface area contributed by atoms with Gasteiger partial charge in [0, 0.05) is 31.6 Å². The topological polar surface area (TPSA) is 91.4 Å². The quantitative estimate of drug-likeness (QED) is 0.717. The molecule has 0 bridgehead atoms. The maximum absolute atomic E-state index is 13.3. The minimum Gasteiger partial charge on any atom is -0.341 e. The van der Waals surface area contributed by atoms with Crippen molar-refractivity contribution >= 4 is 23.5 Å². The minimum atomic E-state index is -0.716. The summed E-state index contributed by atoms with van der Waals surface area (Å²) in [4.78, 5) is 44.1. The second-order valence-electron chi connectivity index (χ2n) is 8.31. The van der Waals surface area contributed by atoms with Crippen molar-refractivity contribution in [1.82, 2.24) is 15.2 Å². The number of piperidine rings is 1. The van der Waals surface area contributed by atoms with Crippen LogP contribution in [0, 0.1) is 11.8 Å². The lowest BCUT2D eigenvalue weighted by molar-refractivity contribution is -0.139. The summed E-state index contributed by atoms with van der Waals surface area (Å²) >= 11 is 0. The summed E-state index contributed by atoms with van der Waals surface area (Å²) in [6.45, 7) is 4.89. The number of aromatic nitrogens is 1. The number of benzene rings is 1. The van der Waals surface area contributed by atoms with Crippen LogP contribution in [0.1, 0.15) is 44.7 Å². The van der Waals surface area contributed by atoms with Gasteiger partial charge >= 0.3 is 0 Å². The number of likely N-dealkylation sites (tertiary alicyclic amines) is 1. The third kappa shape index (κ3) is 6.38. The van der Waals surface area contributed by atoms with Crippen LogP contribution in [0.25, 0.3) is 0 Å². The third-order valence-electron chi connectivity index (χ3n) is 5.37. The number of nitrogens with one attached hydrogen (secondary N) is 2. The van der Waals surface area contributed by atoms with Gasteiger partial charge in [0.05, 0.1) is 0 Å². The van der Waals surface area contributed by atoms with Crippen molar-refractivity contribution in [2.24, 2.45) is 11.8 Å². The van der Waals surface area contributed by atoms with E-state index in [4.69, 9.17) is 0 Å². The molecule has 1 aromatic heterocycles. The fourth-order valence-electron chi connectivity index (χ4n) is 3.73. The van der Waals surface area contributed by atoms with Crippen molar-refractivity contribution in [3.63, 3.8) is 0 Å². The van der Waals surface area contributed by atoms with E-state index in [0.29, 0.717) is 38.2 Å². The van der Waals surface area contributed by atoms with Crippen LogP contribution in [-0.2, 0) is 14.4 Å². The molecule has 0 saturated carbocycles. The molecule has 0 radical (unpaired) electrons. The Morgan fingerprint density at radius 3 is 2.32 bits per heavy atom. The number of pyridine rings is 1. The third-order valence-corrected chi connectivity index (χ3v) is 5.37. The number of anilines is 1. The zero-order chi connectivity index (χ0) is 22.2. The van der Waals surface area contributed by atoms with E-state index in [0.717, 1.165) is 5.56 Å². The molecule has 2 aromatic rings. The predicted molar refractivity (Wildman–Crippen MR) is 119 cm³/mol. The summed E-state index contributed by atoms with van der Waals surface area (Å²) in [5.74, 6) is 0.226. The maximum atomic E-state index is 13.3. The molecule has 2 heterocycles. The van der Waals surface area contributed by atoms with E-state index in [-0.39, 0.29) is 29.6 Å². The summed E-state index contributed by atoms with van der Waals surface area (Å²) < 4.78 is 0. The summed E-state index contributed by atoms with van der Waals surface area (Å²) in [7, 11) is 0. The van der Waals surface area contributed by atoms with Gasteiger partial charge in [-0.3, -0.25) is 14.4 Å². The van der Waals surface area contributed by atoms with Crippen molar-refractivity contribution in [2.45, 2.75) is 39.2 Å². The Labute approximate surface area is 183 Å². The highest BCUT2D eigenvalue weighted by molar-refractivity contribution is 5.92. The molecule has 7 heteroatoms. The molecular weight excluding hydrogens is 392 g/mol. The first kappa shape index (κ1) is 22.5. The molecule has 1 fully saturated rings. The molecule has 0 aliphatic carbocycles. The van der Waals surface area contributed by atoms with Gasteiger partial charge < -0.3 is 15.5 Å². The Balaban J connectivity index is 1.62. The Morgan fingerprint density at radius 1 is 1.03 bits per heavy atom. The standard InChI is InChI=1S/C24H30N4O3/c1-17(2)16-21(29)27-22(18-8-4-3-5-9-18)24(31)28-14-11-19(12-15-28)23(30)26-20-10-6-7-13-25-20/h3-10,13,17,19,22H,11-12,14-16H2,1-2H3,(H,27,29)(H,25,26,30). The molecule has 1 unspecified atom stereocenters. The Bertz CT molecular complexity index is 878. The number of rotatable bonds is 7. The second-order valence-corrected chi connectivity index (χ2v) is 8.31. The SMILES string of the molecule is CC(C)CC(=O)NC(C(=O)N1CCC(C(=O)Nc2ccccn2)CC1)c1ccccc1. The van der Waals surface area contributed by atoms with Gasteiger partial charge in [0.25, 0.3) is 0 Å². The molecule has 1 atom stereocenters. The van der Waals surface area contributed by atoms with Gasteiger partial charge in [-0.25, -0.2) is 4.98 Å². The lowest BCUT2D eigenvalue weighted by atomic mass is 9.94. The molecule has 2 N–H and O–H groups in total. The van der Waals surface area contributed by atoms with E-state index >= 15 is 0 Å². The summed E-state index contributed by atoms with van der Waals surface area (Å²) in [6.07, 6.45) is 3.15. The Morgan fingerprint density at radius 2 is 1.71 bits per heavy atom. The first-order valence-electron chi connectivity index (χ1n) is 10.8. The van der Waals surface area contributed by atoms with Gasteiger partial charge in [0.15, 0.2) is 0 Å². The largest absolute Gasteiger partial charge is 0.341 e. The average Bonchev–Trinajstić information content (AvgIpc) is 2.78. The van der Waals surface area contributed by atoms with E-state index in [1.807, 2.05) is 50.2 Å². The Hall–Kier alpha value is -3.22. The summed E-state index contributed by atoms with van der Waals surface area (Å²) in [5.41, 5.74) is 0.764. The molecule has 3 amide bonds. The normalized spacial score (nSPS) is 15.4. The second kappa shape index (κ2) is 10.7. The van der Waals surface area contributed by atoms with Gasteiger partial charge in [-0.05, 0) is 36.5 Å². The van der Waals surface area contributed by atoms with Crippen molar-refractivity contribution in [3.8, 4) is 0 Å². The van der Waals surface area contributed by atoms with E-state index in [9.17, 15) is 14.4 Å². The predicted octanol–water partition coefficient (Wildman–Crippen LogP) is 3.16. The van der Waals surface area contributed by atoms with Gasteiger partial charge in [-0.1, -0.05) is 50.2 Å². The molecule has 0 spiro atoms. The van der Waals surface area contributed by atoms with Crippen LogP contribution in [0.5, 0.6) is 0 Å². The van der Waals surface area contributed by atoms with Crippen molar-refractivity contribution < 1.29 is 14.4 Å². The van der Waals surface area contributed by atoms with Crippen LogP contribution in [-0.4, -0.2) is 40.7 Å². The zero-order valence-corrected chi connectivity index (χ0v) is 18.1. The maximum Gasteiger partial charge on any atom is 0.249 e. The molecule has 1 saturated heterocycles. The summed E-state index contributed by atoms with van der Waals surface area (Å²) in [6, 6.07) is 14.0. The van der Waals surface area contributed by atoms with Crippen LogP contribution in [0.4, 0.5) is 5.82 Å². The van der Waals surface area contributed by atoms with Crippen LogP contribution >= 0.6 is 0 Å². The lowest BCUT2D eigenvalue weighted by Gasteiger charge is -2.34. The molecule has 3 rings (SSSR count). The molecule has 1 aliphatic heterocycles. The zero-order valence-electron chi connectivity index (χ0n) is 18.1. The molecule has 7 nitrogen and oxygen atoms in total. The van der Waals surface area contributed by atoms with E-state index in [1.165, 1.54) is 0 Å². The van der Waals surface area contributed by atoms with Gasteiger partial charge in [0.1, 0.15) is 11.9 Å². The fourth-order valence-corrected chi connectivity index (χ4v) is 3.73. The number of nitrogens with zero attached hydrogens (tertiary/aromatic N) is 2.